The molecule has 5 rings (SSSR count). The van der Waals surface area contributed by atoms with E-state index in [1.807, 2.05) is 19.1 Å². The molecule has 0 saturated carbocycles. The molecule has 1 saturated heterocycles. The Bertz CT molecular complexity index is 1290. The summed E-state index contributed by atoms with van der Waals surface area (Å²) in [7, 11) is 0. The van der Waals surface area contributed by atoms with Crippen molar-refractivity contribution in [2.75, 3.05) is 4.90 Å². The fourth-order valence-corrected chi connectivity index (χ4v) is 4.55. The molecule has 1 aliphatic heterocycles. The van der Waals surface area contributed by atoms with E-state index in [1.54, 1.807) is 47.4 Å². The first-order chi connectivity index (χ1) is 14.5. The lowest BCUT2D eigenvalue weighted by molar-refractivity contribution is -0.135. The second kappa shape index (κ2) is 7.00. The first-order valence-electron chi connectivity index (χ1n) is 9.35. The van der Waals surface area contributed by atoms with Crippen LogP contribution in [0.25, 0.3) is 11.0 Å². The van der Waals surface area contributed by atoms with Crippen molar-refractivity contribution < 1.29 is 14.4 Å². The molecule has 4 heterocycles. The van der Waals surface area contributed by atoms with E-state index in [1.165, 1.54) is 16.2 Å². The predicted molar refractivity (Wildman–Crippen MR) is 112 cm³/mol. The summed E-state index contributed by atoms with van der Waals surface area (Å²) in [5, 5.41) is 3.47. The van der Waals surface area contributed by atoms with Crippen LogP contribution >= 0.6 is 11.3 Å². The lowest BCUT2D eigenvalue weighted by Crippen LogP contribution is -2.31. The van der Waals surface area contributed by atoms with E-state index in [4.69, 9.17) is 0 Å². The Labute approximate surface area is 175 Å². The van der Waals surface area contributed by atoms with Crippen molar-refractivity contribution in [1.82, 2.24) is 15.0 Å². The van der Waals surface area contributed by atoms with Crippen molar-refractivity contribution in [1.29, 1.82) is 0 Å². The molecule has 0 radical (unpaired) electrons. The summed E-state index contributed by atoms with van der Waals surface area (Å²) < 4.78 is 0. The number of anilines is 1. The molecule has 0 aliphatic carbocycles. The molecule has 8 heteroatoms. The van der Waals surface area contributed by atoms with Crippen molar-refractivity contribution in [3.05, 3.63) is 76.5 Å². The Hall–Kier alpha value is -3.65. The molecular weight excluding hydrogens is 400 g/mol. The van der Waals surface area contributed by atoms with E-state index in [2.05, 4.69) is 15.0 Å². The Morgan fingerprint density at radius 1 is 1.17 bits per heavy atom. The van der Waals surface area contributed by atoms with Crippen molar-refractivity contribution in [3.63, 3.8) is 0 Å². The van der Waals surface area contributed by atoms with Gasteiger partial charge in [0.15, 0.2) is 5.78 Å². The van der Waals surface area contributed by atoms with E-state index in [9.17, 15) is 14.4 Å². The van der Waals surface area contributed by atoms with Gasteiger partial charge in [-0.2, -0.15) is 11.3 Å². The summed E-state index contributed by atoms with van der Waals surface area (Å²) in [6, 6.07) is 11.5. The molecule has 3 aromatic heterocycles. The Morgan fingerprint density at radius 3 is 2.80 bits per heavy atom. The van der Waals surface area contributed by atoms with Crippen LogP contribution < -0.4 is 4.90 Å². The third kappa shape index (κ3) is 2.84. The first-order valence-corrected chi connectivity index (χ1v) is 10.3. The molecule has 0 spiro atoms. The number of hydrogen-bond donors (Lipinski definition) is 1. The molecule has 2 unspecified atom stereocenters. The van der Waals surface area contributed by atoms with Crippen LogP contribution in [0.2, 0.25) is 0 Å². The van der Waals surface area contributed by atoms with Gasteiger partial charge in [0.1, 0.15) is 5.92 Å². The normalized spacial score (nSPS) is 19.0. The van der Waals surface area contributed by atoms with Crippen LogP contribution in [-0.4, -0.2) is 32.4 Å². The number of nitrogens with one attached hydrogen (secondary N) is 1. The SMILES string of the molecule is Cc1cccc(C2C(C(=O)c3ccsc3)C(=O)C(=O)N2c2ccc3nc[nH]c3c2)n1. The van der Waals surface area contributed by atoms with Gasteiger partial charge in [-0.15, -0.1) is 0 Å². The van der Waals surface area contributed by atoms with Crippen molar-refractivity contribution >= 4 is 45.5 Å². The Kier molecular flexibility index (Phi) is 4.29. The summed E-state index contributed by atoms with van der Waals surface area (Å²) in [5.74, 6) is -2.95. The van der Waals surface area contributed by atoms with Gasteiger partial charge in [-0.25, -0.2) is 4.98 Å². The molecule has 2 atom stereocenters. The number of thiophene rings is 1. The summed E-state index contributed by atoms with van der Waals surface area (Å²) in [6.07, 6.45) is 1.56. The highest BCUT2D eigenvalue weighted by Crippen LogP contribution is 2.41. The second-order valence-corrected chi connectivity index (χ2v) is 7.93. The topological polar surface area (TPSA) is 96.0 Å². The average molecular weight is 416 g/mol. The molecule has 1 amide bonds. The molecule has 0 bridgehead atoms. The molecule has 148 valence electrons. The maximum absolute atomic E-state index is 13.2. The van der Waals surface area contributed by atoms with E-state index in [0.717, 1.165) is 16.7 Å². The number of aromatic nitrogens is 3. The molecular formula is C22H16N4O3S. The highest BCUT2D eigenvalue weighted by Gasteiger charge is 2.53. The molecule has 4 aromatic rings. The Morgan fingerprint density at radius 2 is 2.03 bits per heavy atom. The number of H-pyrrole nitrogens is 1. The number of rotatable bonds is 4. The minimum Gasteiger partial charge on any atom is -0.345 e. The minimum absolute atomic E-state index is 0.368. The largest absolute Gasteiger partial charge is 0.345 e. The van der Waals surface area contributed by atoms with Gasteiger partial charge in [-0.3, -0.25) is 24.3 Å². The van der Waals surface area contributed by atoms with Gasteiger partial charge < -0.3 is 4.98 Å². The van der Waals surface area contributed by atoms with Gasteiger partial charge in [0.2, 0.25) is 5.78 Å². The lowest BCUT2D eigenvalue weighted by Gasteiger charge is -2.26. The van der Waals surface area contributed by atoms with Crippen LogP contribution in [-0.2, 0) is 9.59 Å². The quantitative estimate of drug-likeness (QED) is 0.312. The fraction of sp³-hybridized carbons (Fsp3) is 0.136. The number of fused-ring (bicyclic) bond motifs is 1. The van der Waals surface area contributed by atoms with Gasteiger partial charge >= 0.3 is 0 Å². The number of carbonyl (C=O) groups excluding carboxylic acids is 3. The summed E-state index contributed by atoms with van der Waals surface area (Å²) >= 11 is 1.37. The maximum Gasteiger partial charge on any atom is 0.295 e. The number of pyridine rings is 1. The monoisotopic (exact) mass is 416 g/mol. The molecule has 30 heavy (non-hydrogen) atoms. The smallest absolute Gasteiger partial charge is 0.295 e. The summed E-state index contributed by atoms with van der Waals surface area (Å²) in [6.45, 7) is 1.83. The number of benzene rings is 1. The van der Waals surface area contributed by atoms with Crippen molar-refractivity contribution in [2.45, 2.75) is 13.0 Å². The summed E-state index contributed by atoms with van der Waals surface area (Å²) in [5.41, 5.74) is 3.66. The van der Waals surface area contributed by atoms with Crippen LogP contribution in [0, 0.1) is 12.8 Å². The third-order valence-corrected chi connectivity index (χ3v) is 5.97. The molecule has 1 N–H and O–H groups in total. The minimum atomic E-state index is -1.15. The first kappa shape index (κ1) is 18.4. The predicted octanol–water partition coefficient (Wildman–Crippen LogP) is 3.48. The van der Waals surface area contributed by atoms with E-state index >= 15 is 0 Å². The lowest BCUT2D eigenvalue weighted by atomic mass is 9.89. The highest BCUT2D eigenvalue weighted by molar-refractivity contribution is 7.08. The van der Waals surface area contributed by atoms with Crippen molar-refractivity contribution in [3.8, 4) is 0 Å². The number of nitrogens with zero attached hydrogens (tertiary/aromatic N) is 3. The van der Waals surface area contributed by atoms with Crippen molar-refractivity contribution in [2.24, 2.45) is 5.92 Å². The number of aryl methyl sites for hydroxylation is 1. The summed E-state index contributed by atoms with van der Waals surface area (Å²) in [4.78, 5) is 52.5. The van der Waals surface area contributed by atoms with Gasteiger partial charge in [-0.1, -0.05) is 6.07 Å². The molecule has 1 aromatic carbocycles. The van der Waals surface area contributed by atoms with Gasteiger partial charge in [0.05, 0.1) is 29.1 Å². The van der Waals surface area contributed by atoms with Gasteiger partial charge in [0, 0.05) is 22.3 Å². The standard InChI is InChI=1S/C22H16N4O3S/c1-12-3-2-4-16(25-12)19-18(20(27)13-7-8-30-10-13)21(28)22(29)26(19)14-5-6-15-17(9-14)24-11-23-15/h2-11,18-19H,1H3,(H,23,24). The third-order valence-electron chi connectivity index (χ3n) is 5.29. The van der Waals surface area contributed by atoms with E-state index in [0.29, 0.717) is 16.9 Å². The number of hydrogen-bond acceptors (Lipinski definition) is 6. The number of ketones is 2. The maximum atomic E-state index is 13.2. The van der Waals surface area contributed by atoms with Gasteiger partial charge in [0.25, 0.3) is 5.91 Å². The number of amides is 1. The highest BCUT2D eigenvalue weighted by atomic mass is 32.1. The zero-order valence-corrected chi connectivity index (χ0v) is 16.7. The van der Waals surface area contributed by atoms with E-state index in [-0.39, 0.29) is 5.78 Å². The zero-order chi connectivity index (χ0) is 20.8. The molecule has 1 aliphatic rings. The number of aromatic amines is 1. The average Bonchev–Trinajstić information content (AvgIpc) is 3.48. The van der Waals surface area contributed by atoms with Crippen LogP contribution in [0.3, 0.4) is 0 Å². The number of Topliss-reactive ketones (excluding diaryl/α,β-unsaturated/α-hetero) is 2. The van der Waals surface area contributed by atoms with E-state index < -0.39 is 23.7 Å². The fourth-order valence-electron chi connectivity index (χ4n) is 3.90. The van der Waals surface area contributed by atoms with Gasteiger partial charge in [-0.05, 0) is 48.7 Å². The number of carbonyl (C=O) groups is 3. The second-order valence-electron chi connectivity index (χ2n) is 7.15. The Balaban J connectivity index is 1.68. The van der Waals surface area contributed by atoms with Crippen LogP contribution in [0.15, 0.2) is 59.6 Å². The van der Waals surface area contributed by atoms with Crippen LogP contribution in [0.1, 0.15) is 27.8 Å². The van der Waals surface area contributed by atoms with Crippen LogP contribution in [0.5, 0.6) is 0 Å². The molecule has 7 nitrogen and oxygen atoms in total. The van der Waals surface area contributed by atoms with Crippen LogP contribution in [0.4, 0.5) is 5.69 Å². The zero-order valence-electron chi connectivity index (χ0n) is 15.9. The number of imidazole rings is 1. The molecule has 1 fully saturated rings.